The molecule has 0 saturated carbocycles. The first-order valence-electron chi connectivity index (χ1n) is 7.57. The SMILES string of the molecule is CC(NC(C)c1nnc2n1CCCCC2)c1csc(Cl)c1. The molecule has 2 unspecified atom stereocenters. The molecule has 6 heteroatoms. The molecular formula is C15H21ClN4S. The Kier molecular flexibility index (Phi) is 4.62. The van der Waals surface area contributed by atoms with E-state index in [4.69, 9.17) is 11.6 Å². The summed E-state index contributed by atoms with van der Waals surface area (Å²) in [5.41, 5.74) is 1.23. The van der Waals surface area contributed by atoms with Gasteiger partial charge in [-0.3, -0.25) is 0 Å². The molecule has 1 aliphatic heterocycles. The Morgan fingerprint density at radius 3 is 2.86 bits per heavy atom. The number of fused-ring (bicyclic) bond motifs is 1. The average molecular weight is 325 g/mol. The predicted octanol–water partition coefficient (Wildman–Crippen LogP) is 4.13. The van der Waals surface area contributed by atoms with Crippen molar-refractivity contribution in [2.45, 2.75) is 58.2 Å². The van der Waals surface area contributed by atoms with Crippen molar-refractivity contribution in [2.24, 2.45) is 0 Å². The number of nitrogens with one attached hydrogen (secondary N) is 1. The Balaban J connectivity index is 1.73. The number of nitrogens with zero attached hydrogens (tertiary/aromatic N) is 3. The lowest BCUT2D eigenvalue weighted by Gasteiger charge is -2.19. The van der Waals surface area contributed by atoms with Crippen molar-refractivity contribution in [3.63, 3.8) is 0 Å². The van der Waals surface area contributed by atoms with Crippen LogP contribution in [0.25, 0.3) is 0 Å². The van der Waals surface area contributed by atoms with Gasteiger partial charge < -0.3 is 9.88 Å². The normalized spacial score (nSPS) is 18.0. The molecule has 0 saturated heterocycles. The number of halogens is 1. The molecule has 3 heterocycles. The van der Waals surface area contributed by atoms with Crippen molar-refractivity contribution in [3.8, 4) is 0 Å². The minimum Gasteiger partial charge on any atom is -0.314 e. The van der Waals surface area contributed by atoms with Gasteiger partial charge in [0.15, 0.2) is 0 Å². The first-order chi connectivity index (χ1) is 10.1. The van der Waals surface area contributed by atoms with Crippen LogP contribution in [-0.2, 0) is 13.0 Å². The molecule has 0 aliphatic carbocycles. The van der Waals surface area contributed by atoms with Crippen molar-refractivity contribution < 1.29 is 0 Å². The zero-order chi connectivity index (χ0) is 14.8. The summed E-state index contributed by atoms with van der Waals surface area (Å²) in [4.78, 5) is 0. The Bertz CT molecular complexity index is 607. The van der Waals surface area contributed by atoms with Gasteiger partial charge in [-0.25, -0.2) is 0 Å². The number of hydrogen-bond donors (Lipinski definition) is 1. The molecule has 0 amide bonds. The summed E-state index contributed by atoms with van der Waals surface area (Å²) >= 11 is 7.59. The highest BCUT2D eigenvalue weighted by Gasteiger charge is 2.21. The van der Waals surface area contributed by atoms with Crippen LogP contribution in [0.2, 0.25) is 4.34 Å². The highest BCUT2D eigenvalue weighted by molar-refractivity contribution is 7.14. The third-order valence-electron chi connectivity index (χ3n) is 4.11. The summed E-state index contributed by atoms with van der Waals surface area (Å²) in [7, 11) is 0. The van der Waals surface area contributed by atoms with Gasteiger partial charge in [-0.2, -0.15) is 0 Å². The van der Waals surface area contributed by atoms with Gasteiger partial charge in [0.1, 0.15) is 11.6 Å². The number of hydrogen-bond acceptors (Lipinski definition) is 4. The first kappa shape index (κ1) is 15.0. The van der Waals surface area contributed by atoms with E-state index in [2.05, 4.69) is 39.3 Å². The van der Waals surface area contributed by atoms with E-state index in [0.29, 0.717) is 0 Å². The van der Waals surface area contributed by atoms with Crippen molar-refractivity contribution in [2.75, 3.05) is 0 Å². The predicted molar refractivity (Wildman–Crippen MR) is 86.9 cm³/mol. The molecule has 3 rings (SSSR count). The molecule has 0 bridgehead atoms. The maximum atomic E-state index is 6.02. The Hall–Kier alpha value is -0.910. The number of rotatable bonds is 4. The third-order valence-corrected chi connectivity index (χ3v) is 5.22. The third kappa shape index (κ3) is 3.30. The topological polar surface area (TPSA) is 42.7 Å². The largest absolute Gasteiger partial charge is 0.314 e. The van der Waals surface area contributed by atoms with Crippen LogP contribution in [0.5, 0.6) is 0 Å². The molecule has 1 N–H and O–H groups in total. The summed E-state index contributed by atoms with van der Waals surface area (Å²) in [5.74, 6) is 2.20. The standard InChI is InChI=1S/C15H21ClN4S/c1-10(12-8-13(16)21-9-12)17-11(2)15-19-18-14-6-4-3-5-7-20(14)15/h8-11,17H,3-7H2,1-2H3. The van der Waals surface area contributed by atoms with E-state index < -0.39 is 0 Å². The highest BCUT2D eigenvalue weighted by atomic mass is 35.5. The second-order valence-corrected chi connectivity index (χ2v) is 7.27. The van der Waals surface area contributed by atoms with Crippen LogP contribution in [0.15, 0.2) is 11.4 Å². The molecule has 114 valence electrons. The molecule has 0 fully saturated rings. The van der Waals surface area contributed by atoms with E-state index in [1.807, 2.05) is 6.07 Å². The molecule has 2 atom stereocenters. The Morgan fingerprint density at radius 2 is 2.10 bits per heavy atom. The van der Waals surface area contributed by atoms with E-state index in [9.17, 15) is 0 Å². The van der Waals surface area contributed by atoms with Crippen LogP contribution in [0.4, 0.5) is 0 Å². The second-order valence-electron chi connectivity index (χ2n) is 5.73. The summed E-state index contributed by atoms with van der Waals surface area (Å²) in [6.45, 7) is 5.36. The van der Waals surface area contributed by atoms with Gasteiger partial charge in [0.05, 0.1) is 10.4 Å². The van der Waals surface area contributed by atoms with Gasteiger partial charge in [0.2, 0.25) is 0 Å². The fourth-order valence-electron chi connectivity index (χ4n) is 2.92. The molecule has 0 aromatic carbocycles. The smallest absolute Gasteiger partial charge is 0.149 e. The molecule has 2 aromatic rings. The lowest BCUT2D eigenvalue weighted by atomic mass is 10.1. The molecule has 2 aromatic heterocycles. The maximum Gasteiger partial charge on any atom is 0.149 e. The van der Waals surface area contributed by atoms with Crippen LogP contribution in [0.3, 0.4) is 0 Å². The van der Waals surface area contributed by atoms with Gasteiger partial charge in [0.25, 0.3) is 0 Å². The van der Waals surface area contributed by atoms with Gasteiger partial charge >= 0.3 is 0 Å². The minimum atomic E-state index is 0.179. The summed E-state index contributed by atoms with van der Waals surface area (Å²) in [5, 5.41) is 14.5. The zero-order valence-electron chi connectivity index (χ0n) is 12.5. The lowest BCUT2D eigenvalue weighted by molar-refractivity contribution is 0.454. The minimum absolute atomic E-state index is 0.179. The summed E-state index contributed by atoms with van der Waals surface area (Å²) in [6, 6.07) is 2.46. The molecule has 21 heavy (non-hydrogen) atoms. The Labute approximate surface area is 134 Å². The summed E-state index contributed by atoms with van der Waals surface area (Å²) in [6.07, 6.45) is 4.79. The van der Waals surface area contributed by atoms with Crippen molar-refractivity contribution in [1.29, 1.82) is 0 Å². The molecule has 0 spiro atoms. The van der Waals surface area contributed by atoms with E-state index in [1.54, 1.807) is 11.3 Å². The number of thiophene rings is 1. The fourth-order valence-corrected chi connectivity index (χ4v) is 3.91. The number of aromatic nitrogens is 3. The van der Waals surface area contributed by atoms with Crippen LogP contribution in [0.1, 0.15) is 62.4 Å². The average Bonchev–Trinajstić information content (AvgIpc) is 2.99. The van der Waals surface area contributed by atoms with Crippen molar-refractivity contribution in [1.82, 2.24) is 20.1 Å². The van der Waals surface area contributed by atoms with E-state index >= 15 is 0 Å². The molecule has 0 radical (unpaired) electrons. The maximum absolute atomic E-state index is 6.02. The van der Waals surface area contributed by atoms with Gasteiger partial charge in [-0.1, -0.05) is 18.0 Å². The van der Waals surface area contributed by atoms with E-state index in [-0.39, 0.29) is 12.1 Å². The zero-order valence-corrected chi connectivity index (χ0v) is 14.0. The lowest BCUT2D eigenvalue weighted by Crippen LogP contribution is -2.25. The van der Waals surface area contributed by atoms with Gasteiger partial charge in [-0.05, 0) is 43.7 Å². The second kappa shape index (κ2) is 6.46. The molecule has 1 aliphatic rings. The van der Waals surface area contributed by atoms with Crippen molar-refractivity contribution >= 4 is 22.9 Å². The monoisotopic (exact) mass is 324 g/mol. The van der Waals surface area contributed by atoms with Crippen LogP contribution in [0, 0.1) is 0 Å². The number of aryl methyl sites for hydroxylation is 1. The highest BCUT2D eigenvalue weighted by Crippen LogP contribution is 2.27. The van der Waals surface area contributed by atoms with Gasteiger partial charge in [-0.15, -0.1) is 21.5 Å². The van der Waals surface area contributed by atoms with Gasteiger partial charge in [0, 0.05) is 19.0 Å². The summed E-state index contributed by atoms with van der Waals surface area (Å²) < 4.78 is 3.14. The first-order valence-corrected chi connectivity index (χ1v) is 8.83. The molecule has 4 nitrogen and oxygen atoms in total. The Morgan fingerprint density at radius 1 is 1.24 bits per heavy atom. The van der Waals surface area contributed by atoms with Crippen LogP contribution in [-0.4, -0.2) is 14.8 Å². The fraction of sp³-hybridized carbons (Fsp3) is 0.600. The van der Waals surface area contributed by atoms with E-state index in [1.165, 1.54) is 24.8 Å². The molecular weight excluding hydrogens is 304 g/mol. The van der Waals surface area contributed by atoms with Crippen LogP contribution < -0.4 is 5.32 Å². The van der Waals surface area contributed by atoms with Crippen molar-refractivity contribution in [3.05, 3.63) is 33.0 Å². The quantitative estimate of drug-likeness (QED) is 0.919. The van der Waals surface area contributed by atoms with Crippen LogP contribution >= 0.6 is 22.9 Å². The van der Waals surface area contributed by atoms with E-state index in [0.717, 1.165) is 29.0 Å².